The van der Waals surface area contributed by atoms with Crippen molar-refractivity contribution in [2.24, 2.45) is 0 Å². The van der Waals surface area contributed by atoms with Crippen molar-refractivity contribution < 1.29 is 0 Å². The highest BCUT2D eigenvalue weighted by atomic mass is 79.9. The molecule has 0 unspecified atom stereocenters. The van der Waals surface area contributed by atoms with Crippen molar-refractivity contribution in [2.75, 3.05) is 17.6 Å². The predicted molar refractivity (Wildman–Crippen MR) is 82.3 cm³/mol. The number of aromatic nitrogens is 1. The lowest BCUT2D eigenvalue weighted by atomic mass is 10.2. The van der Waals surface area contributed by atoms with Crippen molar-refractivity contribution in [2.45, 2.75) is 20.3 Å². The summed E-state index contributed by atoms with van der Waals surface area (Å²) >= 11 is 5.23. The number of aryl methyl sites for hydroxylation is 2. The number of nitrogen functional groups attached to an aromatic ring is 1. The lowest BCUT2D eigenvalue weighted by Crippen LogP contribution is -2.06. The maximum absolute atomic E-state index is 5.85. The average Bonchev–Trinajstić information content (AvgIpc) is 2.71. The van der Waals surface area contributed by atoms with E-state index in [-0.39, 0.29) is 0 Å². The Hall–Kier alpha value is -1.07. The molecule has 0 aliphatic carbocycles. The van der Waals surface area contributed by atoms with Crippen LogP contribution in [0.5, 0.6) is 0 Å². The molecule has 0 saturated carbocycles. The summed E-state index contributed by atoms with van der Waals surface area (Å²) in [6.45, 7) is 4.90. The maximum Gasteiger partial charge on any atom is 0.0945 e. The second-order valence-corrected chi connectivity index (χ2v) is 6.05. The van der Waals surface area contributed by atoms with Crippen LogP contribution in [0.4, 0.5) is 11.4 Å². The average molecular weight is 326 g/mol. The van der Waals surface area contributed by atoms with Crippen LogP contribution in [0.15, 0.2) is 22.0 Å². The smallest absolute Gasteiger partial charge is 0.0945 e. The van der Waals surface area contributed by atoms with Gasteiger partial charge in [-0.15, -0.1) is 11.3 Å². The van der Waals surface area contributed by atoms with Crippen molar-refractivity contribution in [3.63, 3.8) is 0 Å². The van der Waals surface area contributed by atoms with Gasteiger partial charge in [0.15, 0.2) is 0 Å². The Balaban J connectivity index is 1.96. The van der Waals surface area contributed by atoms with Gasteiger partial charge in [0.25, 0.3) is 0 Å². The first-order valence-corrected chi connectivity index (χ1v) is 7.44. The monoisotopic (exact) mass is 325 g/mol. The fourth-order valence-corrected chi connectivity index (χ4v) is 2.93. The first-order chi connectivity index (χ1) is 8.56. The molecule has 0 fully saturated rings. The topological polar surface area (TPSA) is 50.9 Å². The van der Waals surface area contributed by atoms with Crippen LogP contribution in [0.25, 0.3) is 0 Å². The summed E-state index contributed by atoms with van der Waals surface area (Å²) in [5.74, 6) is 0. The van der Waals surface area contributed by atoms with Crippen molar-refractivity contribution in [3.05, 3.63) is 38.3 Å². The van der Waals surface area contributed by atoms with Crippen LogP contribution in [0.3, 0.4) is 0 Å². The third kappa shape index (κ3) is 3.23. The molecule has 0 radical (unpaired) electrons. The second-order valence-electron chi connectivity index (χ2n) is 4.25. The molecule has 3 nitrogen and oxygen atoms in total. The number of nitrogens with two attached hydrogens (primary N) is 1. The maximum atomic E-state index is 5.85. The minimum Gasteiger partial charge on any atom is -0.398 e. The van der Waals surface area contributed by atoms with E-state index >= 15 is 0 Å². The Labute approximate surface area is 120 Å². The highest BCUT2D eigenvalue weighted by Gasteiger charge is 2.04. The van der Waals surface area contributed by atoms with E-state index in [9.17, 15) is 0 Å². The Morgan fingerprint density at radius 1 is 1.39 bits per heavy atom. The van der Waals surface area contributed by atoms with Gasteiger partial charge in [0.1, 0.15) is 0 Å². The number of nitrogens with one attached hydrogen (secondary N) is 1. The third-order valence-corrected chi connectivity index (χ3v) is 4.36. The molecule has 2 rings (SSSR count). The van der Waals surface area contributed by atoms with Crippen LogP contribution in [0, 0.1) is 13.8 Å². The number of nitrogens with zero attached hydrogens (tertiary/aromatic N) is 1. The molecule has 0 atom stereocenters. The molecule has 5 heteroatoms. The van der Waals surface area contributed by atoms with E-state index in [1.54, 1.807) is 11.3 Å². The number of rotatable bonds is 4. The molecule has 0 amide bonds. The largest absolute Gasteiger partial charge is 0.398 e. The second kappa shape index (κ2) is 5.71. The fourth-order valence-electron chi connectivity index (χ4n) is 1.65. The van der Waals surface area contributed by atoms with Gasteiger partial charge in [-0.3, -0.25) is 0 Å². The summed E-state index contributed by atoms with van der Waals surface area (Å²) in [5.41, 5.74) is 9.92. The lowest BCUT2D eigenvalue weighted by molar-refractivity contribution is 0.986. The van der Waals surface area contributed by atoms with Gasteiger partial charge in [-0.1, -0.05) is 0 Å². The minimum absolute atomic E-state index is 0.808. The Morgan fingerprint density at radius 2 is 2.17 bits per heavy atom. The van der Waals surface area contributed by atoms with Gasteiger partial charge in [0.05, 0.1) is 5.01 Å². The standard InChI is InChI=1S/C13H16BrN3S/c1-8-5-12(10(14)6-11(8)15)16-4-3-13-17-9(2)7-18-13/h5-7,16H,3-4,15H2,1-2H3. The van der Waals surface area contributed by atoms with E-state index in [0.29, 0.717) is 0 Å². The van der Waals surface area contributed by atoms with E-state index in [4.69, 9.17) is 5.73 Å². The summed E-state index contributed by atoms with van der Waals surface area (Å²) in [6.07, 6.45) is 0.939. The summed E-state index contributed by atoms with van der Waals surface area (Å²) in [6, 6.07) is 4.00. The molecule has 0 bridgehead atoms. The highest BCUT2D eigenvalue weighted by Crippen LogP contribution is 2.27. The summed E-state index contributed by atoms with van der Waals surface area (Å²) in [7, 11) is 0. The van der Waals surface area contributed by atoms with E-state index in [0.717, 1.165) is 40.1 Å². The molecule has 2 aromatic rings. The molecule has 0 aliphatic rings. The van der Waals surface area contributed by atoms with E-state index < -0.39 is 0 Å². The highest BCUT2D eigenvalue weighted by molar-refractivity contribution is 9.10. The number of thiazole rings is 1. The fraction of sp³-hybridized carbons (Fsp3) is 0.308. The van der Waals surface area contributed by atoms with Gasteiger partial charge in [-0.25, -0.2) is 4.98 Å². The molecule has 0 spiro atoms. The first kappa shape index (κ1) is 13.4. The van der Waals surface area contributed by atoms with Gasteiger partial charge in [-0.05, 0) is 47.5 Å². The molecular weight excluding hydrogens is 310 g/mol. The summed E-state index contributed by atoms with van der Waals surface area (Å²) in [5, 5.41) is 6.65. The summed E-state index contributed by atoms with van der Waals surface area (Å²) in [4.78, 5) is 4.44. The molecule has 96 valence electrons. The van der Waals surface area contributed by atoms with Crippen LogP contribution in [-0.4, -0.2) is 11.5 Å². The van der Waals surface area contributed by atoms with Crippen LogP contribution in [0.1, 0.15) is 16.3 Å². The van der Waals surface area contributed by atoms with Crippen LogP contribution < -0.4 is 11.1 Å². The lowest BCUT2D eigenvalue weighted by Gasteiger charge is -2.10. The van der Waals surface area contributed by atoms with Crippen molar-refractivity contribution in [3.8, 4) is 0 Å². The number of halogens is 1. The molecular formula is C13H16BrN3S. The van der Waals surface area contributed by atoms with Gasteiger partial charge in [-0.2, -0.15) is 0 Å². The number of hydrogen-bond acceptors (Lipinski definition) is 4. The van der Waals surface area contributed by atoms with Crippen molar-refractivity contribution in [1.29, 1.82) is 0 Å². The molecule has 3 N–H and O–H groups in total. The third-order valence-electron chi connectivity index (χ3n) is 2.68. The molecule has 1 heterocycles. The zero-order valence-corrected chi connectivity index (χ0v) is 12.9. The van der Waals surface area contributed by atoms with Crippen molar-refractivity contribution in [1.82, 2.24) is 4.98 Å². The zero-order chi connectivity index (χ0) is 13.1. The minimum atomic E-state index is 0.808. The van der Waals surface area contributed by atoms with Gasteiger partial charge in [0, 0.05) is 39.9 Å². The molecule has 1 aromatic carbocycles. The summed E-state index contributed by atoms with van der Waals surface area (Å²) < 4.78 is 1.00. The van der Waals surface area contributed by atoms with Crippen LogP contribution in [0.2, 0.25) is 0 Å². The predicted octanol–water partition coefficient (Wildman–Crippen LogP) is 3.76. The van der Waals surface area contributed by atoms with Gasteiger partial charge in [0.2, 0.25) is 0 Å². The van der Waals surface area contributed by atoms with E-state index in [1.165, 1.54) is 5.01 Å². The SMILES string of the molecule is Cc1csc(CCNc2cc(C)c(N)cc2Br)n1. The molecule has 0 aliphatic heterocycles. The number of benzene rings is 1. The Bertz CT molecular complexity index is 551. The molecule has 18 heavy (non-hydrogen) atoms. The zero-order valence-electron chi connectivity index (χ0n) is 10.5. The molecule has 1 aromatic heterocycles. The van der Waals surface area contributed by atoms with Crippen LogP contribution in [-0.2, 0) is 6.42 Å². The quantitative estimate of drug-likeness (QED) is 0.841. The number of anilines is 2. The number of hydrogen-bond donors (Lipinski definition) is 2. The van der Waals surface area contributed by atoms with Crippen LogP contribution >= 0.6 is 27.3 Å². The Morgan fingerprint density at radius 3 is 2.83 bits per heavy atom. The van der Waals surface area contributed by atoms with E-state index in [2.05, 4.69) is 37.7 Å². The first-order valence-electron chi connectivity index (χ1n) is 5.77. The van der Waals surface area contributed by atoms with Crippen molar-refractivity contribution >= 4 is 38.6 Å². The van der Waals surface area contributed by atoms with Gasteiger partial charge < -0.3 is 11.1 Å². The van der Waals surface area contributed by atoms with Gasteiger partial charge >= 0.3 is 0 Å². The van der Waals surface area contributed by atoms with E-state index in [1.807, 2.05) is 19.9 Å². The Kier molecular flexibility index (Phi) is 4.24. The normalized spacial score (nSPS) is 10.6. The molecule has 0 saturated heterocycles.